The molecule has 2 aliphatic rings. The van der Waals surface area contributed by atoms with Crippen molar-refractivity contribution in [3.63, 3.8) is 0 Å². The van der Waals surface area contributed by atoms with Crippen LogP contribution in [-0.4, -0.2) is 71.3 Å². The predicted octanol–water partition coefficient (Wildman–Crippen LogP) is 1.68. The molecule has 0 saturated carbocycles. The van der Waals surface area contributed by atoms with Crippen molar-refractivity contribution in [2.45, 2.75) is 6.42 Å². The molecular weight excluding hydrogens is 360 g/mol. The number of rotatable bonds is 5. The average Bonchev–Trinajstić information content (AvgIpc) is 3.48. The molecule has 1 fully saturated rings. The Labute approximate surface area is 161 Å². The summed E-state index contributed by atoms with van der Waals surface area (Å²) in [6.07, 6.45) is 0.838. The summed E-state index contributed by atoms with van der Waals surface area (Å²) in [6.45, 7) is 6.26. The Morgan fingerprint density at radius 2 is 2.11 bits per heavy atom. The van der Waals surface area contributed by atoms with Gasteiger partial charge in [0, 0.05) is 32.6 Å². The molecule has 140 valence electrons. The van der Waals surface area contributed by atoms with Crippen molar-refractivity contribution in [1.82, 2.24) is 24.8 Å². The molecule has 5 rings (SSSR count). The molecule has 3 aromatic heterocycles. The van der Waals surface area contributed by atoms with Crippen LogP contribution in [0.25, 0.3) is 16.2 Å². The molecular formula is C19H22N6OS. The van der Waals surface area contributed by atoms with Crippen LogP contribution in [0.1, 0.15) is 11.4 Å². The summed E-state index contributed by atoms with van der Waals surface area (Å²) in [4.78, 5) is 13.1. The standard InChI is InChI=1S/C19H22N6OS/c1-2-16(27-13-1)15-4-3-14(18-20-6-7-21-18)19-22-17(23-25(15)19)5-8-24-9-11-26-12-10-24/h1-4,13H,5-12H2,(H,20,21). The topological polar surface area (TPSA) is 67.0 Å². The molecule has 3 aromatic rings. The zero-order chi connectivity index (χ0) is 18.1. The number of thiophene rings is 1. The number of hydrogen-bond acceptors (Lipinski definition) is 7. The van der Waals surface area contributed by atoms with Gasteiger partial charge in [-0.2, -0.15) is 5.10 Å². The first-order valence-electron chi connectivity index (χ1n) is 9.40. The van der Waals surface area contributed by atoms with E-state index in [1.165, 1.54) is 4.88 Å². The smallest absolute Gasteiger partial charge is 0.167 e. The molecule has 27 heavy (non-hydrogen) atoms. The molecule has 0 bridgehead atoms. The molecule has 8 heteroatoms. The van der Waals surface area contributed by atoms with Crippen LogP contribution in [0.3, 0.4) is 0 Å². The molecule has 0 amide bonds. The Hall–Kier alpha value is -2.29. The van der Waals surface area contributed by atoms with Crippen LogP contribution in [0.5, 0.6) is 0 Å². The van der Waals surface area contributed by atoms with E-state index in [9.17, 15) is 0 Å². The molecule has 0 atom stereocenters. The van der Waals surface area contributed by atoms with E-state index in [0.29, 0.717) is 0 Å². The first-order valence-corrected chi connectivity index (χ1v) is 10.3. The number of morpholine rings is 1. The molecule has 1 N–H and O–H groups in total. The van der Waals surface area contributed by atoms with Crippen LogP contribution in [0, 0.1) is 0 Å². The fraction of sp³-hybridized carbons (Fsp3) is 0.421. The average molecular weight is 382 g/mol. The Balaban J connectivity index is 1.51. The fourth-order valence-electron chi connectivity index (χ4n) is 3.57. The highest BCUT2D eigenvalue weighted by Gasteiger charge is 2.19. The number of pyridine rings is 1. The van der Waals surface area contributed by atoms with Gasteiger partial charge in [-0.15, -0.1) is 11.3 Å². The maximum Gasteiger partial charge on any atom is 0.167 e. The second-order valence-electron chi connectivity index (χ2n) is 6.73. The van der Waals surface area contributed by atoms with Gasteiger partial charge in [0.1, 0.15) is 5.84 Å². The van der Waals surface area contributed by atoms with E-state index < -0.39 is 0 Å². The normalized spacial score (nSPS) is 18.0. The number of aromatic nitrogens is 3. The minimum atomic E-state index is 0.812. The van der Waals surface area contributed by atoms with E-state index >= 15 is 0 Å². The number of hydrogen-bond donors (Lipinski definition) is 1. The SMILES string of the molecule is c1csc(-c2ccc(C3=NCCN3)c3nc(CCN4CCOCC4)nn23)c1. The van der Waals surface area contributed by atoms with E-state index in [2.05, 4.69) is 44.9 Å². The minimum Gasteiger partial charge on any atom is -0.379 e. The van der Waals surface area contributed by atoms with Gasteiger partial charge in [-0.05, 0) is 23.6 Å². The van der Waals surface area contributed by atoms with Crippen molar-refractivity contribution < 1.29 is 4.74 Å². The van der Waals surface area contributed by atoms with Crippen LogP contribution in [0.15, 0.2) is 34.6 Å². The van der Waals surface area contributed by atoms with E-state index in [4.69, 9.17) is 14.8 Å². The number of nitrogens with zero attached hydrogens (tertiary/aromatic N) is 5. The zero-order valence-corrected chi connectivity index (χ0v) is 15.9. The molecule has 0 aromatic carbocycles. The van der Waals surface area contributed by atoms with E-state index in [1.54, 1.807) is 11.3 Å². The first-order chi connectivity index (χ1) is 13.4. The fourth-order valence-corrected chi connectivity index (χ4v) is 4.30. The van der Waals surface area contributed by atoms with Crippen molar-refractivity contribution in [1.29, 1.82) is 0 Å². The maximum atomic E-state index is 5.43. The van der Waals surface area contributed by atoms with Crippen molar-refractivity contribution in [2.75, 3.05) is 45.9 Å². The van der Waals surface area contributed by atoms with Crippen LogP contribution < -0.4 is 5.32 Å². The van der Waals surface area contributed by atoms with Gasteiger partial charge in [0.25, 0.3) is 0 Å². The zero-order valence-electron chi connectivity index (χ0n) is 15.1. The predicted molar refractivity (Wildman–Crippen MR) is 107 cm³/mol. The quantitative estimate of drug-likeness (QED) is 0.727. The summed E-state index contributed by atoms with van der Waals surface area (Å²) in [5.41, 5.74) is 2.98. The third-order valence-electron chi connectivity index (χ3n) is 4.99. The lowest BCUT2D eigenvalue weighted by atomic mass is 10.2. The first kappa shape index (κ1) is 16.9. The maximum absolute atomic E-state index is 5.43. The molecule has 2 aliphatic heterocycles. The van der Waals surface area contributed by atoms with Crippen LogP contribution in [0.4, 0.5) is 0 Å². The van der Waals surface area contributed by atoms with Gasteiger partial charge in [-0.25, -0.2) is 9.50 Å². The van der Waals surface area contributed by atoms with E-state index in [0.717, 1.165) is 80.9 Å². The monoisotopic (exact) mass is 382 g/mol. The summed E-state index contributed by atoms with van der Waals surface area (Å²) < 4.78 is 7.42. The lowest BCUT2D eigenvalue weighted by molar-refractivity contribution is 0.0382. The number of nitrogens with one attached hydrogen (secondary N) is 1. The number of ether oxygens (including phenoxy) is 1. The van der Waals surface area contributed by atoms with Gasteiger partial charge in [-0.1, -0.05) is 6.07 Å². The third-order valence-corrected chi connectivity index (χ3v) is 5.88. The Morgan fingerprint density at radius 3 is 2.89 bits per heavy atom. The Morgan fingerprint density at radius 1 is 1.19 bits per heavy atom. The highest BCUT2D eigenvalue weighted by Crippen LogP contribution is 2.26. The van der Waals surface area contributed by atoms with Gasteiger partial charge in [-0.3, -0.25) is 9.89 Å². The van der Waals surface area contributed by atoms with Gasteiger partial charge in [0.05, 0.1) is 35.9 Å². The Bertz CT molecular complexity index is 958. The van der Waals surface area contributed by atoms with Gasteiger partial charge in [0.15, 0.2) is 11.5 Å². The summed E-state index contributed by atoms with van der Waals surface area (Å²) in [6, 6.07) is 8.43. The van der Waals surface area contributed by atoms with Crippen molar-refractivity contribution >= 4 is 22.8 Å². The second-order valence-corrected chi connectivity index (χ2v) is 7.68. The largest absolute Gasteiger partial charge is 0.379 e. The summed E-state index contributed by atoms with van der Waals surface area (Å²) in [7, 11) is 0. The molecule has 0 spiro atoms. The molecule has 0 radical (unpaired) electrons. The second kappa shape index (κ2) is 7.38. The Kier molecular flexibility index (Phi) is 4.61. The van der Waals surface area contributed by atoms with Crippen LogP contribution >= 0.6 is 11.3 Å². The van der Waals surface area contributed by atoms with Gasteiger partial charge in [0.2, 0.25) is 0 Å². The number of amidine groups is 1. The van der Waals surface area contributed by atoms with E-state index in [-0.39, 0.29) is 0 Å². The third kappa shape index (κ3) is 3.36. The molecule has 1 saturated heterocycles. The lowest BCUT2D eigenvalue weighted by Gasteiger charge is -2.25. The highest BCUT2D eigenvalue weighted by atomic mass is 32.1. The van der Waals surface area contributed by atoms with Crippen molar-refractivity contribution in [3.8, 4) is 10.6 Å². The molecule has 5 heterocycles. The van der Waals surface area contributed by atoms with Crippen molar-refractivity contribution in [3.05, 3.63) is 41.0 Å². The summed E-state index contributed by atoms with van der Waals surface area (Å²) in [5, 5.41) is 10.3. The minimum absolute atomic E-state index is 0.812. The molecule has 0 unspecified atom stereocenters. The summed E-state index contributed by atoms with van der Waals surface area (Å²) in [5.74, 6) is 1.80. The van der Waals surface area contributed by atoms with Crippen LogP contribution in [0.2, 0.25) is 0 Å². The summed E-state index contributed by atoms with van der Waals surface area (Å²) >= 11 is 1.72. The van der Waals surface area contributed by atoms with Gasteiger partial charge < -0.3 is 10.1 Å². The molecule has 7 nitrogen and oxygen atoms in total. The lowest BCUT2D eigenvalue weighted by Crippen LogP contribution is -2.37. The highest BCUT2D eigenvalue weighted by molar-refractivity contribution is 7.13. The van der Waals surface area contributed by atoms with Crippen LogP contribution in [-0.2, 0) is 11.2 Å². The number of aliphatic imine (C=N–C) groups is 1. The van der Waals surface area contributed by atoms with Gasteiger partial charge >= 0.3 is 0 Å². The van der Waals surface area contributed by atoms with E-state index in [1.807, 2.05) is 4.52 Å². The van der Waals surface area contributed by atoms with Crippen molar-refractivity contribution in [2.24, 2.45) is 4.99 Å². The molecule has 0 aliphatic carbocycles. The number of fused-ring (bicyclic) bond motifs is 1.